The van der Waals surface area contributed by atoms with E-state index in [2.05, 4.69) is 4.74 Å². The zero-order chi connectivity index (χ0) is 10.9. The molecule has 1 fully saturated rings. The zero-order valence-electron chi connectivity index (χ0n) is 8.14. The Labute approximate surface area is 87.0 Å². The summed E-state index contributed by atoms with van der Waals surface area (Å²) in [6, 6.07) is 11.0. The van der Waals surface area contributed by atoms with Gasteiger partial charge in [0, 0.05) is 0 Å². The summed E-state index contributed by atoms with van der Waals surface area (Å²) in [4.78, 5) is 11.3. The van der Waals surface area contributed by atoms with Gasteiger partial charge in [-0.15, -0.1) is 0 Å². The SMILES string of the molecule is COC(=O)[C@@]1(C#N)O[C@@H]1c1ccccc1. The quantitative estimate of drug-likeness (QED) is 0.535. The van der Waals surface area contributed by atoms with Gasteiger partial charge < -0.3 is 9.47 Å². The summed E-state index contributed by atoms with van der Waals surface area (Å²) in [7, 11) is 1.24. The van der Waals surface area contributed by atoms with E-state index in [1.165, 1.54) is 7.11 Å². The van der Waals surface area contributed by atoms with Crippen LogP contribution in [0.1, 0.15) is 11.7 Å². The first-order valence-electron chi connectivity index (χ1n) is 4.47. The van der Waals surface area contributed by atoms with Crippen LogP contribution in [0.25, 0.3) is 0 Å². The van der Waals surface area contributed by atoms with Crippen molar-refractivity contribution in [2.24, 2.45) is 0 Å². The van der Waals surface area contributed by atoms with E-state index in [0.29, 0.717) is 0 Å². The Kier molecular flexibility index (Phi) is 2.18. The number of ether oxygens (including phenoxy) is 2. The molecule has 76 valence electrons. The van der Waals surface area contributed by atoms with Gasteiger partial charge in [0.2, 0.25) is 0 Å². The molecule has 0 unspecified atom stereocenters. The van der Waals surface area contributed by atoms with Crippen molar-refractivity contribution in [2.45, 2.75) is 11.7 Å². The van der Waals surface area contributed by atoms with Gasteiger partial charge in [0.05, 0.1) is 7.11 Å². The highest BCUT2D eigenvalue weighted by molar-refractivity contribution is 5.87. The van der Waals surface area contributed by atoms with Crippen molar-refractivity contribution in [2.75, 3.05) is 7.11 Å². The maximum absolute atomic E-state index is 11.3. The molecule has 0 amide bonds. The third-order valence-corrected chi connectivity index (χ3v) is 2.37. The fourth-order valence-electron chi connectivity index (χ4n) is 1.52. The van der Waals surface area contributed by atoms with Gasteiger partial charge in [-0.3, -0.25) is 0 Å². The number of hydrogen-bond acceptors (Lipinski definition) is 4. The van der Waals surface area contributed by atoms with Crippen molar-refractivity contribution in [1.29, 1.82) is 5.26 Å². The Morgan fingerprint density at radius 1 is 1.53 bits per heavy atom. The highest BCUT2D eigenvalue weighted by Crippen LogP contribution is 2.49. The van der Waals surface area contributed by atoms with Gasteiger partial charge in [0.1, 0.15) is 12.2 Å². The number of hydrogen-bond donors (Lipinski definition) is 0. The van der Waals surface area contributed by atoms with Gasteiger partial charge in [-0.25, -0.2) is 4.79 Å². The van der Waals surface area contributed by atoms with Crippen molar-refractivity contribution in [3.8, 4) is 6.07 Å². The molecule has 15 heavy (non-hydrogen) atoms. The van der Waals surface area contributed by atoms with Crippen LogP contribution in [0, 0.1) is 11.3 Å². The number of benzene rings is 1. The second-order valence-corrected chi connectivity index (χ2v) is 3.25. The average Bonchev–Trinajstić information content (AvgIpc) is 3.05. The van der Waals surface area contributed by atoms with E-state index in [-0.39, 0.29) is 0 Å². The number of rotatable bonds is 2. The maximum atomic E-state index is 11.3. The topological polar surface area (TPSA) is 62.6 Å². The molecule has 0 N–H and O–H groups in total. The van der Waals surface area contributed by atoms with Crippen LogP contribution in [-0.4, -0.2) is 18.7 Å². The molecule has 0 aliphatic carbocycles. The van der Waals surface area contributed by atoms with E-state index in [0.717, 1.165) is 5.56 Å². The van der Waals surface area contributed by atoms with Gasteiger partial charge in [-0.2, -0.15) is 5.26 Å². The molecule has 1 aromatic carbocycles. The normalized spacial score (nSPS) is 27.9. The van der Waals surface area contributed by atoms with E-state index in [9.17, 15) is 4.79 Å². The van der Waals surface area contributed by atoms with Crippen LogP contribution < -0.4 is 0 Å². The first-order valence-corrected chi connectivity index (χ1v) is 4.47. The Hall–Kier alpha value is -1.86. The minimum absolute atomic E-state index is 0.504. The summed E-state index contributed by atoms with van der Waals surface area (Å²) >= 11 is 0. The smallest absolute Gasteiger partial charge is 0.356 e. The average molecular weight is 203 g/mol. The van der Waals surface area contributed by atoms with Gasteiger partial charge in [-0.1, -0.05) is 30.3 Å². The third kappa shape index (κ3) is 1.37. The molecule has 1 aliphatic rings. The first-order chi connectivity index (χ1) is 7.24. The molecule has 1 heterocycles. The van der Waals surface area contributed by atoms with Gasteiger partial charge in [0.15, 0.2) is 0 Å². The molecule has 1 aliphatic heterocycles. The minimum Gasteiger partial charge on any atom is -0.466 e. The van der Waals surface area contributed by atoms with Crippen LogP contribution in [0.4, 0.5) is 0 Å². The molecular formula is C11H9NO3. The van der Waals surface area contributed by atoms with Gasteiger partial charge in [0.25, 0.3) is 5.60 Å². The van der Waals surface area contributed by atoms with Crippen molar-refractivity contribution >= 4 is 5.97 Å². The Balaban J connectivity index is 2.25. The molecule has 0 saturated carbocycles. The molecule has 4 nitrogen and oxygen atoms in total. The number of nitrogens with zero attached hydrogens (tertiary/aromatic N) is 1. The summed E-state index contributed by atoms with van der Waals surface area (Å²) in [6.45, 7) is 0. The Morgan fingerprint density at radius 2 is 2.20 bits per heavy atom. The summed E-state index contributed by atoms with van der Waals surface area (Å²) in [6.07, 6.45) is -0.504. The van der Waals surface area contributed by atoms with Crippen molar-refractivity contribution in [3.05, 3.63) is 35.9 Å². The molecule has 0 bridgehead atoms. The van der Waals surface area contributed by atoms with Gasteiger partial charge in [-0.05, 0) is 5.56 Å². The summed E-state index contributed by atoms with van der Waals surface area (Å²) in [5.41, 5.74) is -0.625. The van der Waals surface area contributed by atoms with Crippen molar-refractivity contribution < 1.29 is 14.3 Å². The lowest BCUT2D eigenvalue weighted by Gasteiger charge is -2.00. The molecule has 2 rings (SSSR count). The van der Waals surface area contributed by atoms with Crippen LogP contribution in [0.2, 0.25) is 0 Å². The molecule has 0 radical (unpaired) electrons. The van der Waals surface area contributed by atoms with Crippen LogP contribution in [0.15, 0.2) is 30.3 Å². The molecule has 0 spiro atoms. The summed E-state index contributed by atoms with van der Waals surface area (Å²) in [5.74, 6) is -0.640. The number of nitriles is 1. The number of epoxide rings is 1. The van der Waals surface area contributed by atoms with Gasteiger partial charge >= 0.3 is 5.97 Å². The fourth-order valence-corrected chi connectivity index (χ4v) is 1.52. The van der Waals surface area contributed by atoms with E-state index in [1.807, 2.05) is 36.4 Å². The largest absolute Gasteiger partial charge is 0.466 e. The number of methoxy groups -OCH3 is 1. The van der Waals surface area contributed by atoms with E-state index in [4.69, 9.17) is 10.00 Å². The molecule has 4 heteroatoms. The predicted molar refractivity (Wildman–Crippen MR) is 50.6 cm³/mol. The van der Waals surface area contributed by atoms with Crippen LogP contribution >= 0.6 is 0 Å². The molecule has 0 aromatic heterocycles. The second kappa shape index (κ2) is 3.37. The number of carbonyl (C=O) groups excluding carboxylic acids is 1. The molecule has 1 aromatic rings. The van der Waals surface area contributed by atoms with Crippen molar-refractivity contribution in [3.63, 3.8) is 0 Å². The lowest BCUT2D eigenvalue weighted by molar-refractivity contribution is -0.144. The summed E-state index contributed by atoms with van der Waals surface area (Å²) in [5, 5.41) is 8.91. The highest BCUT2D eigenvalue weighted by Gasteiger charge is 2.65. The Bertz CT molecular complexity index is 423. The first kappa shape index (κ1) is 9.69. The van der Waals surface area contributed by atoms with E-state index >= 15 is 0 Å². The monoisotopic (exact) mass is 203 g/mol. The molecule has 2 atom stereocenters. The second-order valence-electron chi connectivity index (χ2n) is 3.25. The lowest BCUT2D eigenvalue weighted by atomic mass is 10.0. The summed E-state index contributed by atoms with van der Waals surface area (Å²) < 4.78 is 9.69. The lowest BCUT2D eigenvalue weighted by Crippen LogP contribution is -2.24. The number of esters is 1. The predicted octanol–water partition coefficient (Wildman–Crippen LogP) is 1.19. The standard InChI is InChI=1S/C11H9NO3/c1-14-10(13)11(7-12)9(15-11)8-5-3-2-4-6-8/h2-6,9H,1H3/t9-,11+/m1/s1. The molecular weight excluding hydrogens is 194 g/mol. The van der Waals surface area contributed by atoms with Crippen LogP contribution in [0.3, 0.4) is 0 Å². The van der Waals surface area contributed by atoms with E-state index < -0.39 is 17.7 Å². The number of carbonyl (C=O) groups is 1. The van der Waals surface area contributed by atoms with Crippen LogP contribution in [-0.2, 0) is 14.3 Å². The molecule has 1 saturated heterocycles. The fraction of sp³-hybridized carbons (Fsp3) is 0.273. The third-order valence-electron chi connectivity index (χ3n) is 2.37. The maximum Gasteiger partial charge on any atom is 0.356 e. The van der Waals surface area contributed by atoms with E-state index in [1.54, 1.807) is 0 Å². The zero-order valence-corrected chi connectivity index (χ0v) is 8.14. The minimum atomic E-state index is -1.43. The van der Waals surface area contributed by atoms with Crippen molar-refractivity contribution in [1.82, 2.24) is 0 Å². The highest BCUT2D eigenvalue weighted by atomic mass is 16.7. The van der Waals surface area contributed by atoms with Crippen LogP contribution in [0.5, 0.6) is 0 Å². The Morgan fingerprint density at radius 3 is 2.73 bits per heavy atom.